The number of ether oxygens (including phenoxy) is 1. The number of anilines is 1. The molecule has 2 aromatic carbocycles. The molecule has 2 rings (SSSR count). The Morgan fingerprint density at radius 1 is 1.11 bits per heavy atom. The van der Waals surface area contributed by atoms with Gasteiger partial charge < -0.3 is 10.1 Å². The molecule has 0 spiro atoms. The molecule has 0 unspecified atom stereocenters. The highest BCUT2D eigenvalue weighted by molar-refractivity contribution is 6.34. The predicted octanol–water partition coefficient (Wildman–Crippen LogP) is 4.75. The molecule has 0 aliphatic rings. The third-order valence-electron chi connectivity index (χ3n) is 2.58. The average molecular weight is 300 g/mol. The predicted molar refractivity (Wildman–Crippen MR) is 76.7 cm³/mol. The highest BCUT2D eigenvalue weighted by Gasteiger charge is 2.04. The second-order valence-electron chi connectivity index (χ2n) is 3.98. The normalized spacial score (nSPS) is 10.3. The largest absolute Gasteiger partial charge is 0.497 e. The molecule has 0 aromatic heterocycles. The standard InChI is InChI=1S/C14H12Cl2FNO/c1-19-12-2-3-13(17)14(7-12)18-8-9-4-10(15)6-11(16)5-9/h2-7,18H,8H2,1H3. The Hall–Kier alpha value is -1.45. The summed E-state index contributed by atoms with van der Waals surface area (Å²) >= 11 is 11.8. The van der Waals surface area contributed by atoms with Gasteiger partial charge in [-0.3, -0.25) is 0 Å². The SMILES string of the molecule is COc1ccc(F)c(NCc2cc(Cl)cc(Cl)c2)c1. The van der Waals surface area contributed by atoms with Crippen molar-refractivity contribution in [3.05, 3.63) is 57.8 Å². The van der Waals surface area contributed by atoms with Gasteiger partial charge in [-0.15, -0.1) is 0 Å². The maximum Gasteiger partial charge on any atom is 0.146 e. The van der Waals surface area contributed by atoms with Crippen LogP contribution >= 0.6 is 23.2 Å². The Morgan fingerprint density at radius 3 is 2.42 bits per heavy atom. The van der Waals surface area contributed by atoms with Crippen molar-refractivity contribution in [2.45, 2.75) is 6.54 Å². The first-order valence-corrected chi connectivity index (χ1v) is 6.36. The van der Waals surface area contributed by atoms with E-state index in [0.29, 0.717) is 28.0 Å². The van der Waals surface area contributed by atoms with Crippen LogP contribution in [-0.4, -0.2) is 7.11 Å². The summed E-state index contributed by atoms with van der Waals surface area (Å²) in [6.45, 7) is 0.421. The summed E-state index contributed by atoms with van der Waals surface area (Å²) in [5.41, 5.74) is 1.25. The molecule has 0 aliphatic carbocycles. The van der Waals surface area contributed by atoms with Gasteiger partial charge in [0.05, 0.1) is 12.8 Å². The van der Waals surface area contributed by atoms with Crippen molar-refractivity contribution in [3.63, 3.8) is 0 Å². The molecule has 0 fully saturated rings. The van der Waals surface area contributed by atoms with E-state index in [1.165, 1.54) is 13.2 Å². The van der Waals surface area contributed by atoms with E-state index in [1.54, 1.807) is 30.3 Å². The van der Waals surface area contributed by atoms with Crippen LogP contribution in [0, 0.1) is 5.82 Å². The molecule has 0 amide bonds. The van der Waals surface area contributed by atoms with E-state index in [0.717, 1.165) is 5.56 Å². The molecule has 100 valence electrons. The van der Waals surface area contributed by atoms with E-state index in [1.807, 2.05) is 0 Å². The van der Waals surface area contributed by atoms with E-state index < -0.39 is 0 Å². The Balaban J connectivity index is 2.13. The van der Waals surface area contributed by atoms with Crippen LogP contribution in [0.3, 0.4) is 0 Å². The van der Waals surface area contributed by atoms with Gasteiger partial charge in [-0.1, -0.05) is 23.2 Å². The van der Waals surface area contributed by atoms with E-state index >= 15 is 0 Å². The van der Waals surface area contributed by atoms with Crippen LogP contribution in [0.2, 0.25) is 10.0 Å². The van der Waals surface area contributed by atoms with Crippen LogP contribution in [0.25, 0.3) is 0 Å². The van der Waals surface area contributed by atoms with Crippen molar-refractivity contribution in [2.75, 3.05) is 12.4 Å². The molecule has 0 aliphatic heterocycles. The van der Waals surface area contributed by atoms with Crippen LogP contribution in [-0.2, 0) is 6.54 Å². The molecule has 2 nitrogen and oxygen atoms in total. The van der Waals surface area contributed by atoms with Gasteiger partial charge in [-0.2, -0.15) is 0 Å². The van der Waals surface area contributed by atoms with Crippen molar-refractivity contribution in [3.8, 4) is 5.75 Å². The molecular formula is C14H12Cl2FNO. The number of halogens is 3. The fourth-order valence-electron chi connectivity index (χ4n) is 1.68. The van der Waals surface area contributed by atoms with Gasteiger partial charge in [0.1, 0.15) is 11.6 Å². The second kappa shape index (κ2) is 6.13. The number of rotatable bonds is 4. The van der Waals surface area contributed by atoms with Crippen LogP contribution in [0.1, 0.15) is 5.56 Å². The molecule has 19 heavy (non-hydrogen) atoms. The lowest BCUT2D eigenvalue weighted by molar-refractivity contribution is 0.414. The topological polar surface area (TPSA) is 21.3 Å². The number of hydrogen-bond acceptors (Lipinski definition) is 2. The van der Waals surface area contributed by atoms with Gasteiger partial charge in [0.25, 0.3) is 0 Å². The Labute approximate surface area is 121 Å². The van der Waals surface area contributed by atoms with E-state index in [9.17, 15) is 4.39 Å². The molecule has 2 aromatic rings. The van der Waals surface area contributed by atoms with Crippen molar-refractivity contribution in [2.24, 2.45) is 0 Å². The number of methoxy groups -OCH3 is 1. The smallest absolute Gasteiger partial charge is 0.146 e. The van der Waals surface area contributed by atoms with Gasteiger partial charge in [-0.25, -0.2) is 4.39 Å². The summed E-state index contributed by atoms with van der Waals surface area (Å²) in [5, 5.41) is 4.09. The minimum Gasteiger partial charge on any atom is -0.497 e. The zero-order chi connectivity index (χ0) is 13.8. The third-order valence-corrected chi connectivity index (χ3v) is 3.02. The molecule has 0 saturated heterocycles. The Morgan fingerprint density at radius 2 is 1.79 bits per heavy atom. The molecule has 0 bridgehead atoms. The Kier molecular flexibility index (Phi) is 4.51. The maximum atomic E-state index is 13.6. The zero-order valence-corrected chi connectivity index (χ0v) is 11.7. The summed E-state index contributed by atoms with van der Waals surface area (Å²) < 4.78 is 18.6. The minimum atomic E-state index is -0.339. The van der Waals surface area contributed by atoms with Gasteiger partial charge >= 0.3 is 0 Å². The molecule has 0 saturated carbocycles. The highest BCUT2D eigenvalue weighted by Crippen LogP contribution is 2.23. The van der Waals surface area contributed by atoms with Crippen LogP contribution < -0.4 is 10.1 Å². The van der Waals surface area contributed by atoms with Gasteiger partial charge in [0, 0.05) is 22.7 Å². The number of nitrogens with one attached hydrogen (secondary N) is 1. The van der Waals surface area contributed by atoms with Gasteiger partial charge in [-0.05, 0) is 35.9 Å². The fraction of sp³-hybridized carbons (Fsp3) is 0.143. The first kappa shape index (κ1) is 14.0. The quantitative estimate of drug-likeness (QED) is 0.879. The summed E-state index contributed by atoms with van der Waals surface area (Å²) in [6, 6.07) is 9.72. The Bertz CT molecular complexity index is 569. The maximum absolute atomic E-state index is 13.6. The van der Waals surface area contributed by atoms with Crippen LogP contribution in [0.5, 0.6) is 5.75 Å². The molecule has 1 N–H and O–H groups in total. The lowest BCUT2D eigenvalue weighted by Crippen LogP contribution is -2.02. The van der Waals surface area contributed by atoms with Crippen LogP contribution in [0.15, 0.2) is 36.4 Å². The lowest BCUT2D eigenvalue weighted by Gasteiger charge is -2.10. The second-order valence-corrected chi connectivity index (χ2v) is 4.85. The molecule has 0 radical (unpaired) electrons. The van der Waals surface area contributed by atoms with Crippen molar-refractivity contribution in [1.82, 2.24) is 0 Å². The number of hydrogen-bond donors (Lipinski definition) is 1. The summed E-state index contributed by atoms with van der Waals surface area (Å²) in [7, 11) is 1.54. The summed E-state index contributed by atoms with van der Waals surface area (Å²) in [5.74, 6) is 0.252. The van der Waals surface area contributed by atoms with Crippen molar-refractivity contribution < 1.29 is 9.13 Å². The monoisotopic (exact) mass is 299 g/mol. The lowest BCUT2D eigenvalue weighted by atomic mass is 10.2. The van der Waals surface area contributed by atoms with Crippen LogP contribution in [0.4, 0.5) is 10.1 Å². The molecule has 0 atom stereocenters. The third kappa shape index (κ3) is 3.75. The van der Waals surface area contributed by atoms with E-state index in [4.69, 9.17) is 27.9 Å². The fourth-order valence-corrected chi connectivity index (χ4v) is 2.25. The molecule has 5 heteroatoms. The molecule has 0 heterocycles. The first-order valence-electron chi connectivity index (χ1n) is 5.61. The minimum absolute atomic E-state index is 0.339. The summed E-state index contributed by atoms with van der Waals surface area (Å²) in [6.07, 6.45) is 0. The summed E-state index contributed by atoms with van der Waals surface area (Å²) in [4.78, 5) is 0. The number of benzene rings is 2. The average Bonchev–Trinajstić information content (AvgIpc) is 2.37. The van der Waals surface area contributed by atoms with Gasteiger partial charge in [0.2, 0.25) is 0 Å². The highest BCUT2D eigenvalue weighted by atomic mass is 35.5. The molecular weight excluding hydrogens is 288 g/mol. The van der Waals surface area contributed by atoms with Crippen molar-refractivity contribution >= 4 is 28.9 Å². The van der Waals surface area contributed by atoms with Crippen molar-refractivity contribution in [1.29, 1.82) is 0 Å². The van der Waals surface area contributed by atoms with Gasteiger partial charge in [0.15, 0.2) is 0 Å². The first-order chi connectivity index (χ1) is 9.08. The van der Waals surface area contributed by atoms with E-state index in [2.05, 4.69) is 5.32 Å². The zero-order valence-electron chi connectivity index (χ0n) is 10.2. The van der Waals surface area contributed by atoms with E-state index in [-0.39, 0.29) is 5.82 Å².